The summed E-state index contributed by atoms with van der Waals surface area (Å²) in [5, 5.41) is 74.3. The van der Waals surface area contributed by atoms with Gasteiger partial charge in [0.1, 0.15) is 109 Å². The third-order valence-electron chi connectivity index (χ3n) is 21.8. The van der Waals surface area contributed by atoms with E-state index in [0.717, 1.165) is 0 Å². The molecule has 0 bridgehead atoms. The van der Waals surface area contributed by atoms with Crippen molar-refractivity contribution < 1.29 is 102 Å². The second kappa shape index (κ2) is 67.4. The first-order valence-corrected chi connectivity index (χ1v) is 47.9. The first-order valence-electron chi connectivity index (χ1n) is 47.9. The number of aliphatic hydroxyl groups is 1. The predicted octanol–water partition coefficient (Wildman–Crippen LogP) is -5.30. The predicted molar refractivity (Wildman–Crippen MR) is 515 cm³/mol. The van der Waals surface area contributed by atoms with E-state index in [1.54, 1.807) is 69.2 Å². The van der Waals surface area contributed by atoms with Crippen LogP contribution in [0.2, 0.25) is 0 Å². The van der Waals surface area contributed by atoms with Crippen molar-refractivity contribution in [2.24, 2.45) is 81.4 Å². The van der Waals surface area contributed by atoms with Crippen LogP contribution in [0.3, 0.4) is 0 Å². The van der Waals surface area contributed by atoms with E-state index in [0.29, 0.717) is 5.56 Å². The maximum atomic E-state index is 14.8. The van der Waals surface area contributed by atoms with Gasteiger partial charge in [-0.2, -0.15) is 0 Å². The number of hydrogen-bond acceptors (Lipinski definition) is 28. The molecule has 17 amide bonds. The van der Waals surface area contributed by atoms with Gasteiger partial charge in [-0.3, -0.25) is 86.3 Å². The number of benzene rings is 1. The standard InChI is InChI=1S/C91H165N25O21/c1-49(2)40-66(77(123)100-47-74(119)120)110-81(127)62(25-18-36-95)103-78(124)59(22-15-33-92)102-76(122)56(14)101-91(137)73(48-117)116-84(130)65(28-21-39-98)107-86(132)69(43-52(7)8)114-89(135)71(45-54(11)12)111-82(128)63(26-19-37-96)104-79(125)60(23-16-34-93)106-85(131)68(42-51(5)6)113-88(134)70(44-53(9)10)112-83(129)64(27-20-38-97)105-80(126)61(24-17-35-94)108-90(136)72(46-57-29-31-58(118)32-30-57)115-87(133)67(41-50(3)4)109-75(121)55(13)99/h29-32,49-56,59-73,117-118H,15-28,33-48,92-99H2,1-14H3,(H,100,123)(H,101,137)(H,102,122)(H,103,124)(H,104,125)(H,105,126)(H,106,131)(H,107,132)(H,108,136)(H,109,121)(H,110,127)(H,111,128)(H,112,129)(H,113,134)(H,114,135)(H,115,133)(H,116,130)(H,119,120). The molecule has 46 nitrogen and oxygen atoms in total. The van der Waals surface area contributed by atoms with E-state index < -0.39 is 222 Å². The highest BCUT2D eigenvalue weighted by atomic mass is 16.4. The third kappa shape index (κ3) is 50.3. The molecule has 0 saturated heterocycles. The highest BCUT2D eigenvalue weighted by molar-refractivity contribution is 6.01. The fourth-order valence-corrected chi connectivity index (χ4v) is 14.4. The molecule has 0 heterocycles. The molecule has 0 aliphatic heterocycles. The van der Waals surface area contributed by atoms with Gasteiger partial charge in [-0.15, -0.1) is 0 Å². The summed E-state index contributed by atoms with van der Waals surface area (Å²) >= 11 is 0. The SMILES string of the molecule is CC(C)CC(NC(=O)C(C)N)C(=O)NC(Cc1ccc(O)cc1)C(=O)NC(CCCN)C(=O)NC(CCCN)C(=O)NC(CC(C)C)C(=O)NC(CC(C)C)C(=O)NC(CCCN)C(=O)NC(CCCN)C(=O)NC(CC(C)C)C(=O)NC(CC(C)C)C(=O)NC(CCCN)C(=O)NC(CO)C(=O)NC(C)C(=O)NC(CCCN)C(=O)NC(CCCN)C(=O)NC(CC(C)C)C(=O)NCC(=O)O. The molecule has 780 valence electrons. The number of aliphatic carboxylic acids is 1. The number of phenolic OH excluding ortho intramolecular Hbond substituents is 1. The molecule has 0 radical (unpaired) electrons. The number of phenols is 1. The number of hydrogen-bond donors (Lipinski definition) is 28. The van der Waals surface area contributed by atoms with Crippen LogP contribution in [0.4, 0.5) is 0 Å². The molecule has 1 rings (SSSR count). The number of rotatable bonds is 71. The zero-order chi connectivity index (χ0) is 104. The van der Waals surface area contributed by atoms with E-state index in [1.807, 2.05) is 13.8 Å². The Morgan fingerprint density at radius 2 is 0.445 bits per heavy atom. The van der Waals surface area contributed by atoms with Crippen LogP contribution in [0.1, 0.15) is 231 Å². The molecule has 1 aromatic rings. The molecule has 17 atom stereocenters. The van der Waals surface area contributed by atoms with Crippen LogP contribution in [0.5, 0.6) is 5.75 Å². The van der Waals surface area contributed by atoms with Crippen molar-refractivity contribution in [3.63, 3.8) is 0 Å². The maximum absolute atomic E-state index is 14.8. The lowest BCUT2D eigenvalue weighted by molar-refractivity contribution is -0.138. The Hall–Kier alpha value is -10.9. The number of nitrogens with two attached hydrogens (primary N) is 8. The fourth-order valence-electron chi connectivity index (χ4n) is 14.4. The largest absolute Gasteiger partial charge is 0.508 e. The lowest BCUT2D eigenvalue weighted by Gasteiger charge is -2.29. The average Bonchev–Trinajstić information content (AvgIpc) is 1.36. The minimum Gasteiger partial charge on any atom is -0.508 e. The zero-order valence-electron chi connectivity index (χ0n) is 82.6. The zero-order valence-corrected chi connectivity index (χ0v) is 82.6. The van der Waals surface area contributed by atoms with Crippen molar-refractivity contribution in [1.82, 2.24) is 90.4 Å². The van der Waals surface area contributed by atoms with Crippen LogP contribution in [0, 0.1) is 35.5 Å². The highest BCUT2D eigenvalue weighted by Crippen LogP contribution is 2.19. The van der Waals surface area contributed by atoms with E-state index in [2.05, 4.69) is 90.4 Å². The van der Waals surface area contributed by atoms with Crippen molar-refractivity contribution in [2.45, 2.75) is 334 Å². The maximum Gasteiger partial charge on any atom is 0.322 e. The van der Waals surface area contributed by atoms with Crippen LogP contribution >= 0.6 is 0 Å². The number of carbonyl (C=O) groups is 18. The third-order valence-corrected chi connectivity index (χ3v) is 21.8. The van der Waals surface area contributed by atoms with E-state index in [1.165, 1.54) is 38.1 Å². The van der Waals surface area contributed by atoms with Gasteiger partial charge in [-0.25, -0.2) is 0 Å². The van der Waals surface area contributed by atoms with Gasteiger partial charge < -0.3 is 152 Å². The summed E-state index contributed by atoms with van der Waals surface area (Å²) in [5.41, 5.74) is 47.6. The van der Waals surface area contributed by atoms with E-state index >= 15 is 0 Å². The normalized spacial score (nSPS) is 15.2. The Morgan fingerprint density at radius 1 is 0.255 bits per heavy atom. The number of carboxylic acid groups (broad SMARTS) is 1. The number of aliphatic hydroxyl groups excluding tert-OH is 1. The quantitative estimate of drug-likeness (QED) is 0.0290. The molecule has 36 N–H and O–H groups in total. The molecule has 17 unspecified atom stereocenters. The minimum absolute atomic E-state index is 0.000352. The van der Waals surface area contributed by atoms with Crippen LogP contribution in [0.25, 0.3) is 0 Å². The molecule has 0 fully saturated rings. The second-order valence-corrected chi connectivity index (χ2v) is 37.4. The molecule has 0 saturated carbocycles. The summed E-state index contributed by atoms with van der Waals surface area (Å²) in [6.45, 7) is 22.6. The summed E-state index contributed by atoms with van der Waals surface area (Å²) in [7, 11) is 0. The van der Waals surface area contributed by atoms with Crippen molar-refractivity contribution in [2.75, 3.05) is 59.0 Å². The molecule has 0 aliphatic carbocycles. The number of aromatic hydroxyl groups is 1. The van der Waals surface area contributed by atoms with Crippen LogP contribution in [0.15, 0.2) is 24.3 Å². The molecular formula is C91H165N25O21. The summed E-state index contributed by atoms with van der Waals surface area (Å²) in [6, 6.07) is -17.3. The lowest BCUT2D eigenvalue weighted by atomic mass is 9.98. The first kappa shape index (κ1) is 124. The fraction of sp³-hybridized carbons (Fsp3) is 0.736. The summed E-state index contributed by atoms with van der Waals surface area (Å²) < 4.78 is 0. The molecular weight excluding hydrogens is 1780 g/mol. The highest BCUT2D eigenvalue weighted by Gasteiger charge is 2.40. The molecule has 0 aliphatic rings. The Labute approximate surface area is 805 Å². The van der Waals surface area contributed by atoms with Gasteiger partial charge in [-0.1, -0.05) is 95.2 Å². The van der Waals surface area contributed by atoms with E-state index in [-0.39, 0.29) is 222 Å². The summed E-state index contributed by atoms with van der Waals surface area (Å²) in [5.74, 6) is -17.2. The minimum atomic E-state index is -1.77. The van der Waals surface area contributed by atoms with Gasteiger partial charge >= 0.3 is 5.97 Å². The summed E-state index contributed by atoms with van der Waals surface area (Å²) in [6.07, 6.45) is 0.751. The van der Waals surface area contributed by atoms with Crippen molar-refractivity contribution in [3.05, 3.63) is 29.8 Å². The molecule has 0 spiro atoms. The molecule has 0 aromatic heterocycles. The van der Waals surface area contributed by atoms with Crippen molar-refractivity contribution >= 4 is 106 Å². The van der Waals surface area contributed by atoms with E-state index in [9.17, 15) is 96.5 Å². The number of nitrogens with one attached hydrogen (secondary N) is 17. The van der Waals surface area contributed by atoms with Gasteiger partial charge in [0.15, 0.2) is 0 Å². The van der Waals surface area contributed by atoms with Gasteiger partial charge in [0.05, 0.1) is 12.6 Å². The Kier molecular flexibility index (Phi) is 61.1. The van der Waals surface area contributed by atoms with Crippen LogP contribution in [-0.2, 0) is 92.7 Å². The van der Waals surface area contributed by atoms with Crippen LogP contribution < -0.4 is 136 Å². The van der Waals surface area contributed by atoms with Gasteiger partial charge in [-0.05, 0) is 241 Å². The Balaban J connectivity index is 3.64. The monoisotopic (exact) mass is 1940 g/mol. The average molecular weight is 1950 g/mol. The van der Waals surface area contributed by atoms with E-state index in [4.69, 9.17) is 51.0 Å². The Bertz CT molecular complexity index is 3960. The number of carbonyl (C=O) groups excluding carboxylic acids is 17. The van der Waals surface area contributed by atoms with Gasteiger partial charge in [0.2, 0.25) is 100 Å². The number of amides is 17. The number of carboxylic acids is 1. The van der Waals surface area contributed by atoms with Crippen molar-refractivity contribution in [3.8, 4) is 5.75 Å². The second-order valence-electron chi connectivity index (χ2n) is 37.4. The molecule has 1 aromatic carbocycles. The first-order chi connectivity index (χ1) is 64.5. The molecule has 46 heteroatoms. The van der Waals surface area contributed by atoms with Gasteiger partial charge in [0.25, 0.3) is 0 Å². The van der Waals surface area contributed by atoms with Gasteiger partial charge in [0, 0.05) is 6.42 Å². The topological polar surface area (TPSA) is 781 Å². The van der Waals surface area contributed by atoms with Crippen LogP contribution in [-0.4, -0.2) is 283 Å². The lowest BCUT2D eigenvalue weighted by Crippen LogP contribution is -2.61. The summed E-state index contributed by atoms with van der Waals surface area (Å²) in [4.78, 5) is 253. The smallest absolute Gasteiger partial charge is 0.322 e. The van der Waals surface area contributed by atoms with Crippen molar-refractivity contribution in [1.29, 1.82) is 0 Å². The molecule has 137 heavy (non-hydrogen) atoms. The Morgan fingerprint density at radius 3 is 0.664 bits per heavy atom.